The van der Waals surface area contributed by atoms with Crippen molar-refractivity contribution in [1.82, 2.24) is 19.5 Å². The molecule has 0 amide bonds. The maximum absolute atomic E-state index is 9.35. The van der Waals surface area contributed by atoms with E-state index in [4.69, 9.17) is 11.6 Å². The van der Waals surface area contributed by atoms with Gasteiger partial charge in [-0.05, 0) is 24.7 Å². The second kappa shape index (κ2) is 4.82. The molecule has 3 rings (SSSR count). The predicted molar refractivity (Wildman–Crippen MR) is 68.2 cm³/mol. The fourth-order valence-corrected chi connectivity index (χ4v) is 3.01. The van der Waals surface area contributed by atoms with Crippen LogP contribution >= 0.6 is 11.6 Å². The standard InChI is InChI=1S/C12H15ClN4O/c13-11-10-12(15-6-14-11)17(7-16-10)4-8-2-1-3-9(8)5-18/h6-9,18H,1-5H2/t8-,9+/m0/s1. The SMILES string of the molecule is OC[C@H]1CCC[C@H]1Cn1cnc2c(Cl)ncnc21. The summed E-state index contributed by atoms with van der Waals surface area (Å²) >= 11 is 5.98. The van der Waals surface area contributed by atoms with Gasteiger partial charge in [0.2, 0.25) is 0 Å². The van der Waals surface area contributed by atoms with Gasteiger partial charge in [-0.15, -0.1) is 0 Å². The predicted octanol–water partition coefficient (Wildman–Crippen LogP) is 1.89. The highest BCUT2D eigenvalue weighted by Gasteiger charge is 2.27. The molecule has 0 bridgehead atoms. The number of imidazole rings is 1. The molecule has 0 spiro atoms. The number of aromatic nitrogens is 4. The number of fused-ring (bicyclic) bond motifs is 1. The zero-order valence-electron chi connectivity index (χ0n) is 9.96. The third kappa shape index (κ3) is 1.97. The Balaban J connectivity index is 1.89. The average molecular weight is 267 g/mol. The van der Waals surface area contributed by atoms with Gasteiger partial charge in [-0.25, -0.2) is 15.0 Å². The normalized spacial score (nSPS) is 23.9. The van der Waals surface area contributed by atoms with Crippen molar-refractivity contribution >= 4 is 22.8 Å². The Hall–Kier alpha value is -1.20. The summed E-state index contributed by atoms with van der Waals surface area (Å²) in [5.41, 5.74) is 1.43. The molecule has 6 heteroatoms. The number of halogens is 1. The van der Waals surface area contributed by atoms with Crippen molar-refractivity contribution in [3.8, 4) is 0 Å². The van der Waals surface area contributed by atoms with Gasteiger partial charge in [-0.3, -0.25) is 0 Å². The van der Waals surface area contributed by atoms with Crippen LogP contribution in [0.2, 0.25) is 5.15 Å². The number of hydrogen-bond donors (Lipinski definition) is 1. The summed E-state index contributed by atoms with van der Waals surface area (Å²) in [4.78, 5) is 12.4. The summed E-state index contributed by atoms with van der Waals surface area (Å²) in [7, 11) is 0. The Morgan fingerprint density at radius 3 is 2.94 bits per heavy atom. The van der Waals surface area contributed by atoms with Crippen molar-refractivity contribution in [3.63, 3.8) is 0 Å². The quantitative estimate of drug-likeness (QED) is 0.862. The van der Waals surface area contributed by atoms with E-state index < -0.39 is 0 Å². The Morgan fingerprint density at radius 1 is 1.28 bits per heavy atom. The van der Waals surface area contributed by atoms with Crippen LogP contribution < -0.4 is 0 Å². The number of nitrogens with zero attached hydrogens (tertiary/aromatic N) is 4. The van der Waals surface area contributed by atoms with Crippen LogP contribution in [0, 0.1) is 11.8 Å². The third-order valence-corrected chi connectivity index (χ3v) is 4.12. The summed E-state index contributed by atoms with van der Waals surface area (Å²) in [6.07, 6.45) is 6.69. The van der Waals surface area contributed by atoms with Crippen molar-refractivity contribution in [3.05, 3.63) is 17.8 Å². The van der Waals surface area contributed by atoms with E-state index in [9.17, 15) is 5.11 Å². The van der Waals surface area contributed by atoms with Crippen molar-refractivity contribution in [1.29, 1.82) is 0 Å². The molecule has 0 aliphatic heterocycles. The van der Waals surface area contributed by atoms with Gasteiger partial charge in [0.15, 0.2) is 10.8 Å². The summed E-state index contributed by atoms with van der Waals surface area (Å²) in [6, 6.07) is 0. The van der Waals surface area contributed by atoms with Crippen molar-refractivity contribution in [2.75, 3.05) is 6.61 Å². The first-order chi connectivity index (χ1) is 8.79. The summed E-state index contributed by atoms with van der Waals surface area (Å²) in [5.74, 6) is 0.904. The maximum Gasteiger partial charge on any atom is 0.164 e. The molecule has 0 radical (unpaired) electrons. The number of aliphatic hydroxyl groups excluding tert-OH is 1. The fraction of sp³-hybridized carbons (Fsp3) is 0.583. The van der Waals surface area contributed by atoms with Crippen LogP contribution in [0.1, 0.15) is 19.3 Å². The molecular weight excluding hydrogens is 252 g/mol. The van der Waals surface area contributed by atoms with E-state index in [2.05, 4.69) is 15.0 Å². The molecule has 1 aliphatic carbocycles. The highest BCUT2D eigenvalue weighted by molar-refractivity contribution is 6.33. The molecule has 18 heavy (non-hydrogen) atoms. The molecule has 5 nitrogen and oxygen atoms in total. The van der Waals surface area contributed by atoms with Gasteiger partial charge in [0.05, 0.1) is 6.33 Å². The van der Waals surface area contributed by atoms with Crippen molar-refractivity contribution in [2.45, 2.75) is 25.8 Å². The van der Waals surface area contributed by atoms with E-state index in [-0.39, 0.29) is 6.61 Å². The first-order valence-corrected chi connectivity index (χ1v) is 6.59. The lowest BCUT2D eigenvalue weighted by Crippen LogP contribution is -2.17. The Morgan fingerprint density at radius 2 is 2.11 bits per heavy atom. The minimum Gasteiger partial charge on any atom is -0.396 e. The van der Waals surface area contributed by atoms with Crippen LogP contribution in [0.25, 0.3) is 11.2 Å². The summed E-state index contributed by atoms with van der Waals surface area (Å²) in [6.45, 7) is 1.11. The van der Waals surface area contributed by atoms with Crippen LogP contribution in [0.4, 0.5) is 0 Å². The zero-order valence-corrected chi connectivity index (χ0v) is 10.7. The summed E-state index contributed by atoms with van der Waals surface area (Å²) in [5, 5.41) is 9.74. The second-order valence-corrected chi connectivity index (χ2v) is 5.23. The highest BCUT2D eigenvalue weighted by Crippen LogP contribution is 2.33. The van der Waals surface area contributed by atoms with Crippen molar-refractivity contribution in [2.24, 2.45) is 11.8 Å². The lowest BCUT2D eigenvalue weighted by atomic mass is 9.97. The van der Waals surface area contributed by atoms with Gasteiger partial charge < -0.3 is 9.67 Å². The van der Waals surface area contributed by atoms with Crippen LogP contribution in [0.5, 0.6) is 0 Å². The third-order valence-electron chi connectivity index (χ3n) is 3.84. The molecule has 2 aromatic heterocycles. The Kier molecular flexibility index (Phi) is 3.18. The molecule has 1 fully saturated rings. The van der Waals surface area contributed by atoms with Gasteiger partial charge >= 0.3 is 0 Å². The molecule has 96 valence electrons. The highest BCUT2D eigenvalue weighted by atomic mass is 35.5. The molecular formula is C12H15ClN4O. The average Bonchev–Trinajstić information content (AvgIpc) is 2.98. The first kappa shape index (κ1) is 11.9. The van der Waals surface area contributed by atoms with Gasteiger partial charge in [-0.2, -0.15) is 0 Å². The lowest BCUT2D eigenvalue weighted by molar-refractivity contribution is 0.185. The number of rotatable bonds is 3. The van der Waals surface area contributed by atoms with E-state index in [0.29, 0.717) is 22.5 Å². The molecule has 2 heterocycles. The molecule has 1 aliphatic rings. The lowest BCUT2D eigenvalue weighted by Gasteiger charge is -2.17. The van der Waals surface area contributed by atoms with Crippen LogP contribution in [0.15, 0.2) is 12.7 Å². The smallest absolute Gasteiger partial charge is 0.164 e. The van der Waals surface area contributed by atoms with Crippen LogP contribution in [-0.4, -0.2) is 31.2 Å². The number of aliphatic hydroxyl groups is 1. The minimum atomic E-state index is 0.271. The molecule has 0 aromatic carbocycles. The van der Waals surface area contributed by atoms with E-state index in [1.165, 1.54) is 12.7 Å². The fourth-order valence-electron chi connectivity index (χ4n) is 2.83. The van der Waals surface area contributed by atoms with Gasteiger partial charge in [0.1, 0.15) is 11.8 Å². The van der Waals surface area contributed by atoms with E-state index in [1.807, 2.05) is 4.57 Å². The van der Waals surface area contributed by atoms with Crippen molar-refractivity contribution < 1.29 is 5.11 Å². The largest absolute Gasteiger partial charge is 0.396 e. The summed E-state index contributed by atoms with van der Waals surface area (Å²) < 4.78 is 2.02. The number of hydrogen-bond acceptors (Lipinski definition) is 4. The van der Waals surface area contributed by atoms with E-state index >= 15 is 0 Å². The molecule has 1 saturated carbocycles. The molecule has 2 atom stereocenters. The van der Waals surface area contributed by atoms with E-state index in [1.54, 1.807) is 6.33 Å². The molecule has 0 unspecified atom stereocenters. The molecule has 0 saturated heterocycles. The second-order valence-electron chi connectivity index (χ2n) is 4.87. The topological polar surface area (TPSA) is 63.8 Å². The van der Waals surface area contributed by atoms with Gasteiger partial charge in [-0.1, -0.05) is 18.0 Å². The van der Waals surface area contributed by atoms with Gasteiger partial charge in [0.25, 0.3) is 0 Å². The van der Waals surface area contributed by atoms with Crippen LogP contribution in [0.3, 0.4) is 0 Å². The molecule has 2 aromatic rings. The minimum absolute atomic E-state index is 0.271. The maximum atomic E-state index is 9.35. The Labute approximate surface area is 110 Å². The molecule has 1 N–H and O–H groups in total. The first-order valence-electron chi connectivity index (χ1n) is 6.21. The van der Waals surface area contributed by atoms with E-state index in [0.717, 1.165) is 25.0 Å². The monoisotopic (exact) mass is 266 g/mol. The van der Waals surface area contributed by atoms with Gasteiger partial charge in [0, 0.05) is 13.2 Å². The zero-order chi connectivity index (χ0) is 12.5. The van der Waals surface area contributed by atoms with Crippen LogP contribution in [-0.2, 0) is 6.54 Å². The Bertz CT molecular complexity index is 556.